The van der Waals surface area contributed by atoms with Gasteiger partial charge in [-0.05, 0) is 64.4 Å². The van der Waals surface area contributed by atoms with Crippen LogP contribution in [-0.2, 0) is 4.79 Å². The lowest BCUT2D eigenvalue weighted by atomic mass is 10.0. The highest BCUT2D eigenvalue weighted by Gasteiger charge is 2.39. The number of nitrogens with zero attached hydrogens (tertiary/aromatic N) is 3. The molecular formula is C19H25N3O2. The number of hydrogen-bond donors (Lipinski definition) is 0. The first-order valence-electron chi connectivity index (χ1n) is 8.77. The molecule has 2 heterocycles. The smallest absolute Gasteiger partial charge is 0.263 e. The standard InChI is InChI=1S/C19H25N3O2/c1-14(24-16-7-3-6-15(12-16)13-20)19(23)22-11-5-9-18(22)17-8-4-10-21(17)2/h3,6-7,12,14,17-18H,4-5,8-11H2,1-2H3/t14-,17+,18+/m0/s1. The Balaban J connectivity index is 1.67. The molecule has 5 nitrogen and oxygen atoms in total. The maximum Gasteiger partial charge on any atom is 0.263 e. The molecule has 2 aliphatic heterocycles. The highest BCUT2D eigenvalue weighted by Crippen LogP contribution is 2.29. The number of ether oxygens (including phenoxy) is 1. The lowest BCUT2D eigenvalue weighted by molar-refractivity contribution is -0.139. The third-order valence-corrected chi connectivity index (χ3v) is 5.23. The van der Waals surface area contributed by atoms with Gasteiger partial charge in [-0.25, -0.2) is 0 Å². The van der Waals surface area contributed by atoms with Crippen molar-refractivity contribution in [3.63, 3.8) is 0 Å². The van der Waals surface area contributed by atoms with Crippen molar-refractivity contribution >= 4 is 5.91 Å². The molecule has 2 fully saturated rings. The van der Waals surface area contributed by atoms with E-state index in [1.54, 1.807) is 31.2 Å². The number of benzene rings is 1. The van der Waals surface area contributed by atoms with Gasteiger partial charge in [-0.15, -0.1) is 0 Å². The molecule has 5 heteroatoms. The van der Waals surface area contributed by atoms with Crippen LogP contribution in [-0.4, -0.2) is 54.0 Å². The summed E-state index contributed by atoms with van der Waals surface area (Å²) in [6.45, 7) is 3.74. The van der Waals surface area contributed by atoms with Crippen LogP contribution in [0.15, 0.2) is 24.3 Å². The maximum absolute atomic E-state index is 12.9. The fourth-order valence-electron chi connectivity index (χ4n) is 4.02. The SMILES string of the molecule is C[C@H](Oc1cccc(C#N)c1)C(=O)N1CCC[C@@H]1[C@H]1CCCN1C. The molecule has 0 unspecified atom stereocenters. The van der Waals surface area contributed by atoms with E-state index in [1.165, 1.54) is 12.8 Å². The molecule has 1 aromatic rings. The molecule has 0 N–H and O–H groups in total. The molecule has 2 saturated heterocycles. The Labute approximate surface area is 143 Å². The quantitative estimate of drug-likeness (QED) is 0.852. The lowest BCUT2D eigenvalue weighted by Gasteiger charge is -2.34. The topological polar surface area (TPSA) is 56.6 Å². The van der Waals surface area contributed by atoms with Crippen molar-refractivity contribution < 1.29 is 9.53 Å². The van der Waals surface area contributed by atoms with Crippen LogP contribution in [0.3, 0.4) is 0 Å². The number of carbonyl (C=O) groups is 1. The van der Waals surface area contributed by atoms with Crippen molar-refractivity contribution in [1.29, 1.82) is 5.26 Å². The third-order valence-electron chi connectivity index (χ3n) is 5.23. The molecule has 0 radical (unpaired) electrons. The minimum absolute atomic E-state index is 0.0557. The second kappa shape index (κ2) is 7.23. The van der Waals surface area contributed by atoms with Crippen LogP contribution in [0, 0.1) is 11.3 Å². The molecule has 3 atom stereocenters. The van der Waals surface area contributed by atoms with Crippen LogP contribution >= 0.6 is 0 Å². The van der Waals surface area contributed by atoms with Gasteiger partial charge < -0.3 is 14.5 Å². The number of carbonyl (C=O) groups excluding carboxylic acids is 1. The normalized spacial score (nSPS) is 25.5. The van der Waals surface area contributed by atoms with Crippen molar-refractivity contribution in [3.05, 3.63) is 29.8 Å². The van der Waals surface area contributed by atoms with Gasteiger partial charge in [-0.3, -0.25) is 4.79 Å². The summed E-state index contributed by atoms with van der Waals surface area (Å²) in [5.41, 5.74) is 0.541. The van der Waals surface area contributed by atoms with Crippen molar-refractivity contribution in [1.82, 2.24) is 9.80 Å². The molecule has 0 aliphatic carbocycles. The Hall–Kier alpha value is -2.06. The summed E-state index contributed by atoms with van der Waals surface area (Å²) in [6.07, 6.45) is 4.00. The zero-order valence-electron chi connectivity index (χ0n) is 14.4. The average Bonchev–Trinajstić information content (AvgIpc) is 3.22. The molecule has 128 valence electrons. The summed E-state index contributed by atoms with van der Waals surface area (Å²) in [6, 6.07) is 9.85. The van der Waals surface area contributed by atoms with Gasteiger partial charge in [0.1, 0.15) is 5.75 Å². The first-order chi connectivity index (χ1) is 11.6. The maximum atomic E-state index is 12.9. The monoisotopic (exact) mass is 327 g/mol. The second-order valence-electron chi connectivity index (χ2n) is 6.83. The molecule has 0 spiro atoms. The highest BCUT2D eigenvalue weighted by atomic mass is 16.5. The summed E-state index contributed by atoms with van der Waals surface area (Å²) < 4.78 is 5.81. The summed E-state index contributed by atoms with van der Waals surface area (Å²) >= 11 is 0. The zero-order chi connectivity index (χ0) is 17.1. The van der Waals surface area contributed by atoms with E-state index in [1.807, 2.05) is 4.90 Å². The molecule has 3 rings (SSSR count). The number of amides is 1. The van der Waals surface area contributed by atoms with Crippen molar-refractivity contribution in [2.24, 2.45) is 0 Å². The number of likely N-dealkylation sites (N-methyl/N-ethyl adjacent to an activating group) is 1. The van der Waals surface area contributed by atoms with E-state index in [-0.39, 0.29) is 5.91 Å². The molecule has 24 heavy (non-hydrogen) atoms. The second-order valence-corrected chi connectivity index (χ2v) is 6.83. The van der Waals surface area contributed by atoms with Gasteiger partial charge in [0.25, 0.3) is 5.91 Å². The summed E-state index contributed by atoms with van der Waals surface area (Å²) in [5.74, 6) is 0.629. The van der Waals surface area contributed by atoms with Gasteiger partial charge in [-0.1, -0.05) is 6.07 Å². The number of rotatable bonds is 4. The summed E-state index contributed by atoms with van der Waals surface area (Å²) in [7, 11) is 2.16. The van der Waals surface area contributed by atoms with E-state index in [4.69, 9.17) is 10.00 Å². The van der Waals surface area contributed by atoms with E-state index < -0.39 is 6.10 Å². The Kier molecular flexibility index (Phi) is 5.06. The first-order valence-corrected chi connectivity index (χ1v) is 8.77. The highest BCUT2D eigenvalue weighted by molar-refractivity contribution is 5.81. The molecule has 0 saturated carbocycles. The fourth-order valence-corrected chi connectivity index (χ4v) is 4.02. The van der Waals surface area contributed by atoms with Crippen LogP contribution in [0.1, 0.15) is 38.2 Å². The third kappa shape index (κ3) is 3.39. The van der Waals surface area contributed by atoms with Crippen LogP contribution in [0.25, 0.3) is 0 Å². The van der Waals surface area contributed by atoms with Gasteiger partial charge in [0.2, 0.25) is 0 Å². The zero-order valence-corrected chi connectivity index (χ0v) is 14.4. The summed E-state index contributed by atoms with van der Waals surface area (Å²) in [4.78, 5) is 17.3. The molecule has 1 amide bonds. The predicted molar refractivity (Wildman–Crippen MR) is 91.6 cm³/mol. The number of nitriles is 1. The summed E-state index contributed by atoms with van der Waals surface area (Å²) in [5, 5.41) is 8.97. The fraction of sp³-hybridized carbons (Fsp3) is 0.579. The number of hydrogen-bond acceptors (Lipinski definition) is 4. The number of likely N-dealkylation sites (tertiary alicyclic amines) is 2. The van der Waals surface area contributed by atoms with Crippen molar-refractivity contribution in [2.45, 2.75) is 50.8 Å². The van der Waals surface area contributed by atoms with E-state index in [2.05, 4.69) is 18.0 Å². The van der Waals surface area contributed by atoms with Crippen LogP contribution in [0.4, 0.5) is 0 Å². The Bertz CT molecular complexity index is 640. The molecule has 0 bridgehead atoms. The first kappa shape index (κ1) is 16.8. The molecule has 2 aliphatic rings. The minimum Gasteiger partial charge on any atom is -0.481 e. The van der Waals surface area contributed by atoms with Gasteiger partial charge in [0, 0.05) is 18.6 Å². The average molecular weight is 327 g/mol. The lowest BCUT2D eigenvalue weighted by Crippen LogP contribution is -2.50. The van der Waals surface area contributed by atoms with E-state index in [9.17, 15) is 4.79 Å². The van der Waals surface area contributed by atoms with E-state index in [0.29, 0.717) is 23.4 Å². The Morgan fingerprint density at radius 2 is 2.04 bits per heavy atom. The molecule has 1 aromatic carbocycles. The van der Waals surface area contributed by atoms with Crippen molar-refractivity contribution in [2.75, 3.05) is 20.1 Å². The Morgan fingerprint density at radius 3 is 2.75 bits per heavy atom. The molecular weight excluding hydrogens is 302 g/mol. The van der Waals surface area contributed by atoms with Gasteiger partial charge in [0.05, 0.1) is 11.6 Å². The van der Waals surface area contributed by atoms with E-state index >= 15 is 0 Å². The minimum atomic E-state index is -0.536. The van der Waals surface area contributed by atoms with Gasteiger partial charge >= 0.3 is 0 Å². The van der Waals surface area contributed by atoms with Gasteiger partial charge in [0.15, 0.2) is 6.10 Å². The van der Waals surface area contributed by atoms with Gasteiger partial charge in [-0.2, -0.15) is 5.26 Å². The predicted octanol–water partition coefficient (Wildman–Crippen LogP) is 2.41. The van der Waals surface area contributed by atoms with Crippen LogP contribution < -0.4 is 4.74 Å². The Morgan fingerprint density at radius 1 is 1.29 bits per heavy atom. The van der Waals surface area contributed by atoms with E-state index in [0.717, 1.165) is 25.9 Å². The van der Waals surface area contributed by atoms with Crippen LogP contribution in [0.2, 0.25) is 0 Å². The molecule has 0 aromatic heterocycles. The largest absolute Gasteiger partial charge is 0.481 e. The van der Waals surface area contributed by atoms with Crippen LogP contribution in [0.5, 0.6) is 5.75 Å². The van der Waals surface area contributed by atoms with Crippen molar-refractivity contribution in [3.8, 4) is 11.8 Å².